The Hall–Kier alpha value is -3.56. The van der Waals surface area contributed by atoms with Crippen LogP contribution in [0.4, 0.5) is 5.69 Å². The Morgan fingerprint density at radius 2 is 1.88 bits per heavy atom. The van der Waals surface area contributed by atoms with Gasteiger partial charge in [-0.05, 0) is 48.7 Å². The van der Waals surface area contributed by atoms with Crippen LogP contribution in [0, 0.1) is 17.8 Å². The standard InChI is InChI=1S/C27H27NO4S/c1-20-9-7-10-21(16-18-25(20)27(29)32-3)15-17-22-11-5-6-14-26(22)28-33(4,30)24-13-8-12-23(19-24)31-2/h5-8,10-14,16,18-20H,9H2,1-4H3/b10-7+,21-16+,25-18+. The van der Waals surface area contributed by atoms with Crippen LogP contribution in [0.15, 0.2) is 93.2 Å². The molecule has 0 fully saturated rings. The van der Waals surface area contributed by atoms with Gasteiger partial charge in [-0.2, -0.15) is 4.36 Å². The molecule has 0 N–H and O–H groups in total. The first-order chi connectivity index (χ1) is 15.8. The van der Waals surface area contributed by atoms with E-state index < -0.39 is 9.73 Å². The molecule has 5 nitrogen and oxygen atoms in total. The molecule has 0 amide bonds. The summed E-state index contributed by atoms with van der Waals surface area (Å²) in [5.74, 6) is 6.63. The molecule has 0 heterocycles. The van der Waals surface area contributed by atoms with Crippen molar-refractivity contribution in [3.05, 3.63) is 89.5 Å². The topological polar surface area (TPSA) is 65.0 Å². The molecule has 3 rings (SSSR count). The maximum Gasteiger partial charge on any atom is 0.334 e. The zero-order valence-corrected chi connectivity index (χ0v) is 20.0. The van der Waals surface area contributed by atoms with Crippen molar-refractivity contribution in [1.82, 2.24) is 0 Å². The van der Waals surface area contributed by atoms with Crippen LogP contribution in [0.2, 0.25) is 0 Å². The third kappa shape index (κ3) is 6.24. The number of hydrogen-bond acceptors (Lipinski definition) is 5. The van der Waals surface area contributed by atoms with Gasteiger partial charge in [-0.25, -0.2) is 9.00 Å². The highest BCUT2D eigenvalue weighted by Gasteiger charge is 2.16. The second-order valence-electron chi connectivity index (χ2n) is 7.61. The molecule has 2 atom stereocenters. The van der Waals surface area contributed by atoms with Crippen LogP contribution >= 0.6 is 0 Å². The lowest BCUT2D eigenvalue weighted by Gasteiger charge is -2.13. The van der Waals surface area contributed by atoms with Gasteiger partial charge in [0, 0.05) is 17.4 Å². The van der Waals surface area contributed by atoms with E-state index in [2.05, 4.69) is 16.2 Å². The van der Waals surface area contributed by atoms with E-state index in [1.807, 2.05) is 43.4 Å². The van der Waals surface area contributed by atoms with Crippen molar-refractivity contribution in [2.24, 2.45) is 10.3 Å². The van der Waals surface area contributed by atoms with Crippen molar-refractivity contribution in [3.63, 3.8) is 0 Å². The first-order valence-corrected chi connectivity index (χ1v) is 12.4. The molecule has 33 heavy (non-hydrogen) atoms. The minimum Gasteiger partial charge on any atom is -0.497 e. The van der Waals surface area contributed by atoms with Gasteiger partial charge in [-0.15, -0.1) is 0 Å². The highest BCUT2D eigenvalue weighted by atomic mass is 32.2. The number of allylic oxidation sites excluding steroid dienone is 5. The lowest BCUT2D eigenvalue weighted by Crippen LogP contribution is -2.12. The Morgan fingerprint density at radius 1 is 1.09 bits per heavy atom. The molecule has 6 heteroatoms. The quantitative estimate of drug-likeness (QED) is 0.448. The summed E-state index contributed by atoms with van der Waals surface area (Å²) in [6.45, 7) is 1.99. The molecule has 170 valence electrons. The lowest BCUT2D eigenvalue weighted by atomic mass is 9.94. The minimum absolute atomic E-state index is 0.0632. The van der Waals surface area contributed by atoms with E-state index in [-0.39, 0.29) is 11.9 Å². The second kappa shape index (κ2) is 10.8. The minimum atomic E-state index is -2.71. The normalized spacial score (nSPS) is 21.3. The monoisotopic (exact) mass is 461 g/mol. The van der Waals surface area contributed by atoms with Crippen LogP contribution in [-0.4, -0.2) is 30.7 Å². The SMILES string of the molecule is COC(=O)/C1=C/C=C(C#Cc2ccccc2N=S(C)(=O)c2cccc(OC)c2)\C=C\CC1C. The molecule has 0 saturated heterocycles. The number of esters is 1. The van der Waals surface area contributed by atoms with E-state index in [9.17, 15) is 9.00 Å². The van der Waals surface area contributed by atoms with Gasteiger partial charge in [0.2, 0.25) is 0 Å². The molecule has 0 radical (unpaired) electrons. The predicted octanol–water partition coefficient (Wildman–Crippen LogP) is 5.46. The zero-order chi connectivity index (χ0) is 23.8. The zero-order valence-electron chi connectivity index (χ0n) is 19.2. The highest BCUT2D eigenvalue weighted by Crippen LogP contribution is 2.25. The number of benzene rings is 2. The summed E-state index contributed by atoms with van der Waals surface area (Å²) in [7, 11) is 0.242. The van der Waals surface area contributed by atoms with Crippen LogP contribution in [0.25, 0.3) is 0 Å². The van der Waals surface area contributed by atoms with E-state index in [1.165, 1.54) is 7.11 Å². The first kappa shape index (κ1) is 24.1. The van der Waals surface area contributed by atoms with Gasteiger partial charge < -0.3 is 9.47 Å². The molecule has 0 saturated carbocycles. The Bertz CT molecular complexity index is 1310. The summed E-state index contributed by atoms with van der Waals surface area (Å²) >= 11 is 0. The third-order valence-corrected chi connectivity index (χ3v) is 6.85. The molecule has 0 bridgehead atoms. The smallest absolute Gasteiger partial charge is 0.334 e. The molecule has 0 spiro atoms. The van der Waals surface area contributed by atoms with Crippen LogP contribution < -0.4 is 4.74 Å². The summed E-state index contributed by atoms with van der Waals surface area (Å²) in [5, 5.41) is 0. The van der Waals surface area contributed by atoms with Gasteiger partial charge >= 0.3 is 5.97 Å². The van der Waals surface area contributed by atoms with E-state index >= 15 is 0 Å². The average molecular weight is 462 g/mol. The summed E-state index contributed by atoms with van der Waals surface area (Å²) < 4.78 is 28.1. The van der Waals surface area contributed by atoms with Crippen molar-refractivity contribution in [3.8, 4) is 17.6 Å². The molecule has 0 aliphatic heterocycles. The molecule has 0 aromatic heterocycles. The summed E-state index contributed by atoms with van der Waals surface area (Å²) in [6, 6.07) is 14.5. The second-order valence-corrected chi connectivity index (χ2v) is 9.87. The largest absolute Gasteiger partial charge is 0.497 e. The number of hydrogen-bond donors (Lipinski definition) is 0. The number of methoxy groups -OCH3 is 2. The van der Waals surface area contributed by atoms with Crippen LogP contribution in [0.5, 0.6) is 5.75 Å². The average Bonchev–Trinajstić information content (AvgIpc) is 2.81. The van der Waals surface area contributed by atoms with Gasteiger partial charge in [0.25, 0.3) is 0 Å². The fourth-order valence-electron chi connectivity index (χ4n) is 3.27. The number of ether oxygens (including phenoxy) is 2. The maximum atomic E-state index is 13.4. The summed E-state index contributed by atoms with van der Waals surface area (Å²) in [6.07, 6.45) is 9.83. The van der Waals surface area contributed by atoms with Crippen molar-refractivity contribution >= 4 is 21.4 Å². The van der Waals surface area contributed by atoms with Gasteiger partial charge in [0.1, 0.15) is 5.75 Å². The Labute approximate surface area is 196 Å². The number of carbonyl (C=O) groups excluding carboxylic acids is 1. The fraction of sp³-hybridized carbons (Fsp3) is 0.222. The predicted molar refractivity (Wildman–Crippen MR) is 132 cm³/mol. The van der Waals surface area contributed by atoms with E-state index in [1.54, 1.807) is 49.8 Å². The Balaban J connectivity index is 1.99. The van der Waals surface area contributed by atoms with Crippen molar-refractivity contribution in [2.45, 2.75) is 18.2 Å². The lowest BCUT2D eigenvalue weighted by molar-refractivity contribution is -0.136. The first-order valence-electron chi connectivity index (χ1n) is 10.5. The van der Waals surface area contributed by atoms with Crippen molar-refractivity contribution < 1.29 is 18.5 Å². The highest BCUT2D eigenvalue weighted by molar-refractivity contribution is 7.93. The van der Waals surface area contributed by atoms with Crippen LogP contribution in [-0.2, 0) is 19.3 Å². The van der Waals surface area contributed by atoms with E-state index in [0.29, 0.717) is 33.9 Å². The molecule has 1 aliphatic rings. The van der Waals surface area contributed by atoms with Crippen LogP contribution in [0.1, 0.15) is 18.9 Å². The molecular weight excluding hydrogens is 434 g/mol. The van der Waals surface area contributed by atoms with Gasteiger partial charge in [0.05, 0.1) is 40.1 Å². The number of nitrogens with zero attached hydrogens (tertiary/aromatic N) is 1. The summed E-state index contributed by atoms with van der Waals surface area (Å²) in [4.78, 5) is 12.6. The van der Waals surface area contributed by atoms with Crippen LogP contribution in [0.3, 0.4) is 0 Å². The van der Waals surface area contributed by atoms with E-state index in [4.69, 9.17) is 9.47 Å². The maximum absolute atomic E-state index is 13.4. The third-order valence-electron chi connectivity index (χ3n) is 5.18. The molecular formula is C27H27NO4S. The Morgan fingerprint density at radius 3 is 2.64 bits per heavy atom. The molecule has 2 unspecified atom stereocenters. The van der Waals surface area contributed by atoms with Crippen molar-refractivity contribution in [1.29, 1.82) is 0 Å². The number of rotatable bonds is 4. The van der Waals surface area contributed by atoms with Gasteiger partial charge in [-0.3, -0.25) is 0 Å². The molecule has 1 aliphatic carbocycles. The van der Waals surface area contributed by atoms with Gasteiger partial charge in [0.15, 0.2) is 0 Å². The van der Waals surface area contributed by atoms with Gasteiger partial charge in [-0.1, -0.05) is 55.2 Å². The fourth-order valence-corrected chi connectivity index (χ4v) is 4.58. The van der Waals surface area contributed by atoms with E-state index in [0.717, 1.165) is 5.57 Å². The molecule has 2 aromatic rings. The van der Waals surface area contributed by atoms with Crippen molar-refractivity contribution in [2.75, 3.05) is 20.5 Å². The molecule has 2 aromatic carbocycles. The summed E-state index contributed by atoms with van der Waals surface area (Å²) in [5.41, 5.74) is 2.58. The Kier molecular flexibility index (Phi) is 7.92. The number of carbonyl (C=O) groups is 1.